The summed E-state index contributed by atoms with van der Waals surface area (Å²) in [6.45, 7) is 18.1. The Balaban J connectivity index is 0.000000123. The van der Waals surface area contributed by atoms with E-state index in [1.54, 1.807) is 24.5 Å². The molecule has 5 aliphatic heterocycles. The molecule has 0 bridgehead atoms. The maximum Gasteiger partial charge on any atom is 0.409 e. The monoisotopic (exact) mass is 1910 g/mol. The predicted molar refractivity (Wildman–Crippen MR) is 535 cm³/mol. The molecule has 10 heterocycles. The largest absolute Gasteiger partial charge is 0.450 e. The van der Waals surface area contributed by atoms with Gasteiger partial charge in [-0.15, -0.1) is 0 Å². The van der Waals surface area contributed by atoms with Gasteiger partial charge in [0.1, 0.15) is 0 Å². The standard InChI is InChI=1S/5C22H23ClN2O2/c5*1-2-27-22(26)25-12-9-15(10-13-25)20-19-8-7-18(23)14-17(19)6-5-16-4-3-11-24-21(16)20/h5*3-4,7-8,11,14H,2,5-6,9-10,12-13H2,1H3. The third-order valence-electron chi connectivity index (χ3n) is 26.9. The highest BCUT2D eigenvalue weighted by Crippen LogP contribution is 2.46. The summed E-state index contributed by atoms with van der Waals surface area (Å²) in [5.41, 5.74) is 37.3. The summed E-state index contributed by atoms with van der Waals surface area (Å²) >= 11 is 31.3. The number of rotatable bonds is 5. The molecule has 20 nitrogen and oxygen atoms in total. The summed E-state index contributed by atoms with van der Waals surface area (Å²) in [5.74, 6) is 0. The van der Waals surface area contributed by atoms with Gasteiger partial charge >= 0.3 is 30.5 Å². The zero-order valence-electron chi connectivity index (χ0n) is 77.5. The number of piperidine rings is 5. The zero-order valence-corrected chi connectivity index (χ0v) is 81.3. The molecule has 5 fully saturated rings. The van der Waals surface area contributed by atoms with Gasteiger partial charge in [0, 0.05) is 149 Å². The highest BCUT2D eigenvalue weighted by Gasteiger charge is 2.35. The predicted octanol–water partition coefficient (Wildman–Crippen LogP) is 24.4. The van der Waals surface area contributed by atoms with Crippen molar-refractivity contribution in [3.63, 3.8) is 0 Å². The molecule has 5 amide bonds. The summed E-state index contributed by atoms with van der Waals surface area (Å²) in [6.07, 6.45) is 26.3. The molecule has 0 saturated carbocycles. The number of pyridine rings is 5. The lowest BCUT2D eigenvalue weighted by Crippen LogP contribution is -2.37. The van der Waals surface area contributed by atoms with Crippen LogP contribution < -0.4 is 0 Å². The number of fused-ring (bicyclic) bond motifs is 10. The normalized spacial score (nSPS) is 16.4. The van der Waals surface area contributed by atoms with Crippen molar-refractivity contribution >= 4 is 116 Å². The maximum atomic E-state index is 12.0. The van der Waals surface area contributed by atoms with E-state index in [-0.39, 0.29) is 30.5 Å². The van der Waals surface area contributed by atoms with Crippen molar-refractivity contribution in [2.45, 2.75) is 163 Å². The molecule has 25 heteroatoms. The minimum atomic E-state index is -0.215. The highest BCUT2D eigenvalue weighted by atomic mass is 35.5. The molecule has 0 radical (unpaired) electrons. The van der Waals surface area contributed by atoms with E-state index >= 15 is 0 Å². The fourth-order valence-electron chi connectivity index (χ4n) is 20.3. The van der Waals surface area contributed by atoms with Crippen molar-refractivity contribution in [2.24, 2.45) is 0 Å². The number of hydrogen-bond donors (Lipinski definition) is 0. The second kappa shape index (κ2) is 45.8. The van der Waals surface area contributed by atoms with Crippen LogP contribution in [-0.4, -0.2) is 178 Å². The molecule has 10 aromatic rings. The fourth-order valence-corrected chi connectivity index (χ4v) is 21.3. The van der Waals surface area contributed by atoms with Gasteiger partial charge in [0.2, 0.25) is 0 Å². The molecule has 0 N–H and O–H groups in total. The summed E-state index contributed by atoms with van der Waals surface area (Å²) in [5, 5.41) is 3.86. The van der Waals surface area contributed by atoms with E-state index in [0.29, 0.717) is 98.5 Å². The van der Waals surface area contributed by atoms with Gasteiger partial charge in [-0.05, 0) is 337 Å². The highest BCUT2D eigenvalue weighted by molar-refractivity contribution is 6.32. The molecular formula is C110H115Cl5N10O10. The number of benzene rings is 5. The van der Waals surface area contributed by atoms with Gasteiger partial charge in [0.25, 0.3) is 0 Å². The fraction of sp³-hybridized carbons (Fsp3) is 0.364. The minimum absolute atomic E-state index is 0.215. The number of amides is 5. The lowest BCUT2D eigenvalue weighted by molar-refractivity contribution is 0.103. The number of halogens is 5. The van der Waals surface area contributed by atoms with Crippen molar-refractivity contribution in [1.82, 2.24) is 49.4 Å². The van der Waals surface area contributed by atoms with Gasteiger partial charge in [-0.1, -0.05) is 147 Å². The van der Waals surface area contributed by atoms with Gasteiger partial charge in [0.05, 0.1) is 61.5 Å². The van der Waals surface area contributed by atoms with Crippen LogP contribution >= 0.6 is 58.0 Å². The van der Waals surface area contributed by atoms with Crippen LogP contribution in [0, 0.1) is 0 Å². The zero-order chi connectivity index (χ0) is 94.0. The molecule has 5 aromatic heterocycles. The molecule has 0 spiro atoms. The molecule has 0 atom stereocenters. The van der Waals surface area contributed by atoms with E-state index in [1.807, 2.05) is 126 Å². The van der Waals surface area contributed by atoms with E-state index in [9.17, 15) is 24.0 Å². The van der Waals surface area contributed by atoms with E-state index < -0.39 is 0 Å². The number of hydrogen-bond acceptors (Lipinski definition) is 15. The van der Waals surface area contributed by atoms with Crippen LogP contribution in [0.5, 0.6) is 0 Å². The lowest BCUT2D eigenvalue weighted by Gasteiger charge is -2.29. The van der Waals surface area contributed by atoms with Gasteiger partial charge in [0.15, 0.2) is 0 Å². The molecule has 0 unspecified atom stereocenters. The van der Waals surface area contributed by atoms with Crippen LogP contribution in [-0.2, 0) is 87.9 Å². The summed E-state index contributed by atoms with van der Waals surface area (Å²) in [4.78, 5) is 92.9. The van der Waals surface area contributed by atoms with Crippen molar-refractivity contribution in [2.75, 3.05) is 98.5 Å². The first-order chi connectivity index (χ1) is 65.8. The third-order valence-corrected chi connectivity index (χ3v) is 28.1. The number of carbonyl (C=O) groups excluding carboxylic acids is 5. The Labute approximate surface area is 816 Å². The second-order valence-corrected chi connectivity index (χ2v) is 37.1. The quantitative estimate of drug-likeness (QED) is 0.147. The van der Waals surface area contributed by atoms with Crippen molar-refractivity contribution in [3.05, 3.63) is 348 Å². The first-order valence-electron chi connectivity index (χ1n) is 47.7. The lowest BCUT2D eigenvalue weighted by atomic mass is 9.88. The Morgan fingerprint density at radius 2 is 0.385 bits per heavy atom. The minimum Gasteiger partial charge on any atom is -0.450 e. The Morgan fingerprint density at radius 1 is 0.230 bits per heavy atom. The van der Waals surface area contributed by atoms with Crippen LogP contribution in [0.25, 0.3) is 27.9 Å². The van der Waals surface area contributed by atoms with E-state index in [4.69, 9.17) is 107 Å². The Hall–Kier alpha value is -11.7. The average molecular weight is 1910 g/mol. The molecule has 135 heavy (non-hydrogen) atoms. The molecule has 5 aliphatic carbocycles. The Kier molecular flexibility index (Phi) is 32.7. The Bertz CT molecular complexity index is 5350. The number of carbonyl (C=O) groups is 5. The number of ether oxygens (including phenoxy) is 5. The number of aryl methyl sites for hydroxylation is 10. The number of aromatic nitrogens is 5. The summed E-state index contributed by atoms with van der Waals surface area (Å²) in [7, 11) is 0. The van der Waals surface area contributed by atoms with Gasteiger partial charge in [-0.3, -0.25) is 24.9 Å². The van der Waals surface area contributed by atoms with Crippen LogP contribution in [0.2, 0.25) is 25.1 Å². The topological polar surface area (TPSA) is 212 Å². The van der Waals surface area contributed by atoms with Crippen molar-refractivity contribution in [3.8, 4) is 0 Å². The van der Waals surface area contributed by atoms with Gasteiger partial charge < -0.3 is 48.2 Å². The van der Waals surface area contributed by atoms with Crippen molar-refractivity contribution in [1.29, 1.82) is 0 Å². The van der Waals surface area contributed by atoms with Crippen LogP contribution in [0.3, 0.4) is 0 Å². The average Bonchev–Trinajstić information content (AvgIpc) is 1.69. The third kappa shape index (κ3) is 22.9. The number of nitrogens with zero attached hydrogens (tertiary/aromatic N) is 10. The molecule has 5 aromatic carbocycles. The van der Waals surface area contributed by atoms with Gasteiger partial charge in [-0.2, -0.15) is 0 Å². The van der Waals surface area contributed by atoms with Crippen LogP contribution in [0.1, 0.15) is 211 Å². The van der Waals surface area contributed by atoms with Crippen molar-refractivity contribution < 1.29 is 47.7 Å². The molecule has 5 saturated heterocycles. The summed E-state index contributed by atoms with van der Waals surface area (Å²) < 4.78 is 25.8. The summed E-state index contributed by atoms with van der Waals surface area (Å²) in [6, 6.07) is 51.7. The van der Waals surface area contributed by atoms with E-state index in [0.717, 1.165) is 182 Å². The first kappa shape index (κ1) is 96.5. The number of likely N-dealkylation sites (tertiary alicyclic amines) is 5. The Morgan fingerprint density at radius 3 is 0.541 bits per heavy atom. The second-order valence-electron chi connectivity index (χ2n) is 34.9. The molecule has 20 rings (SSSR count). The van der Waals surface area contributed by atoms with E-state index in [1.165, 1.54) is 139 Å². The molecule has 700 valence electrons. The maximum absolute atomic E-state index is 12.0. The van der Waals surface area contributed by atoms with Crippen LogP contribution in [0.15, 0.2) is 211 Å². The first-order valence-corrected chi connectivity index (χ1v) is 49.6. The van der Waals surface area contributed by atoms with E-state index in [2.05, 4.69) is 91.0 Å². The smallest absolute Gasteiger partial charge is 0.409 e. The van der Waals surface area contributed by atoms with Gasteiger partial charge in [-0.25, -0.2) is 24.0 Å². The molecule has 10 aliphatic rings. The van der Waals surface area contributed by atoms with Crippen LogP contribution in [0.4, 0.5) is 24.0 Å². The SMILES string of the molecule is CCOC(=O)N1CCC(=C2c3ccc(Cl)cc3CCc3cccnc32)CC1.CCOC(=O)N1CCC(=C2c3ccc(Cl)cc3CCc3cccnc32)CC1.CCOC(=O)N1CCC(=C2c3ccc(Cl)cc3CCc3cccnc32)CC1.CCOC(=O)N1CCC(=C2c3ccc(Cl)cc3CCc3cccnc32)CC1.CCOC(=O)N1CCC(=C2c3ccc(Cl)cc3CCc3cccnc32)CC1. The molecular weight excluding hydrogens is 1800 g/mol.